The molecule has 0 radical (unpaired) electrons. The fraction of sp³-hybridized carbons (Fsp3) is 0.320. The van der Waals surface area contributed by atoms with Crippen LogP contribution >= 0.6 is 22.9 Å². The monoisotopic (exact) mass is 560 g/mol. The molecular weight excluding hydrogens is 536 g/mol. The van der Waals surface area contributed by atoms with Gasteiger partial charge in [0, 0.05) is 41.5 Å². The lowest BCUT2D eigenvalue weighted by Gasteiger charge is -2.38. The van der Waals surface area contributed by atoms with Crippen molar-refractivity contribution in [1.29, 1.82) is 5.41 Å². The number of rotatable bonds is 6. The number of amides is 1. The van der Waals surface area contributed by atoms with E-state index >= 15 is 0 Å². The van der Waals surface area contributed by atoms with Gasteiger partial charge in [-0.3, -0.25) is 10.2 Å². The van der Waals surface area contributed by atoms with E-state index in [1.54, 1.807) is 42.5 Å². The molecule has 0 aliphatic carbocycles. The van der Waals surface area contributed by atoms with Crippen LogP contribution in [0.15, 0.2) is 52.7 Å². The SMILES string of the molecule is N=C(c1ccc(CN2C(=O)CN(S(=O)(=O)c3cc4ccc(Cl)cc4s3)C[C@@H]2C(=O)O)cc1)N1CCCC1. The van der Waals surface area contributed by atoms with E-state index in [9.17, 15) is 23.1 Å². The van der Waals surface area contributed by atoms with E-state index in [1.807, 2.05) is 4.90 Å². The van der Waals surface area contributed by atoms with Gasteiger partial charge < -0.3 is 14.9 Å². The Kier molecular flexibility index (Phi) is 6.97. The molecule has 9 nitrogen and oxygen atoms in total. The number of nitrogens with zero attached hydrogens (tertiary/aromatic N) is 3. The number of piperazine rings is 1. The van der Waals surface area contributed by atoms with E-state index in [0.29, 0.717) is 26.5 Å². The van der Waals surface area contributed by atoms with Crippen molar-refractivity contribution in [2.45, 2.75) is 29.6 Å². The molecule has 1 aromatic heterocycles. The van der Waals surface area contributed by atoms with Crippen molar-refractivity contribution in [3.63, 3.8) is 0 Å². The Labute approximate surface area is 223 Å². The number of amidine groups is 1. The van der Waals surface area contributed by atoms with Crippen LogP contribution in [-0.4, -0.2) is 77.6 Å². The molecule has 2 aliphatic heterocycles. The fourth-order valence-electron chi connectivity index (χ4n) is 4.69. The van der Waals surface area contributed by atoms with Crippen LogP contribution in [0.4, 0.5) is 0 Å². The normalized spacial score (nSPS) is 19.1. The van der Waals surface area contributed by atoms with E-state index in [1.165, 1.54) is 11.0 Å². The standard InChI is InChI=1S/C25H25ClN4O5S2/c26-19-8-7-18-11-23(36-21(18)12-19)37(34,35)29-14-20(25(32)33)30(22(31)15-29)13-16-3-5-17(6-4-16)24(27)28-9-1-2-10-28/h3-8,11-12,20,27H,1-2,9-10,13-15H2,(H,32,33)/t20-/m1/s1. The number of hydrogen-bond acceptors (Lipinski definition) is 6. The molecule has 2 aromatic carbocycles. The van der Waals surface area contributed by atoms with Crippen molar-refractivity contribution in [2.75, 3.05) is 26.2 Å². The Morgan fingerprint density at radius 3 is 2.49 bits per heavy atom. The summed E-state index contributed by atoms with van der Waals surface area (Å²) in [5.74, 6) is -1.41. The number of carbonyl (C=O) groups excluding carboxylic acids is 1. The zero-order chi connectivity index (χ0) is 26.3. The first-order valence-corrected chi connectivity index (χ1v) is 14.4. The van der Waals surface area contributed by atoms with Crippen LogP contribution in [0.2, 0.25) is 5.02 Å². The lowest BCUT2D eigenvalue weighted by atomic mass is 10.1. The smallest absolute Gasteiger partial charge is 0.327 e. The number of aliphatic carboxylic acids is 1. The van der Waals surface area contributed by atoms with Crippen LogP contribution in [0.3, 0.4) is 0 Å². The average molecular weight is 561 g/mol. The summed E-state index contributed by atoms with van der Waals surface area (Å²) in [6.45, 7) is 0.951. The first-order valence-electron chi connectivity index (χ1n) is 11.8. The minimum absolute atomic E-state index is 0.0302. The topological polar surface area (TPSA) is 122 Å². The summed E-state index contributed by atoms with van der Waals surface area (Å²) < 4.78 is 28.4. The molecule has 0 bridgehead atoms. The minimum Gasteiger partial charge on any atom is -0.480 e. The van der Waals surface area contributed by atoms with Crippen molar-refractivity contribution in [2.24, 2.45) is 0 Å². The number of nitrogens with one attached hydrogen (secondary N) is 1. The number of carboxylic acids is 1. The van der Waals surface area contributed by atoms with Gasteiger partial charge in [0.2, 0.25) is 5.91 Å². The quantitative estimate of drug-likeness (QED) is 0.352. The number of likely N-dealkylation sites (tertiary alicyclic amines) is 1. The molecule has 1 atom stereocenters. The lowest BCUT2D eigenvalue weighted by Crippen LogP contribution is -2.59. The van der Waals surface area contributed by atoms with Gasteiger partial charge >= 0.3 is 5.97 Å². The maximum atomic E-state index is 13.3. The molecule has 3 aromatic rings. The van der Waals surface area contributed by atoms with E-state index in [-0.39, 0.29) is 17.3 Å². The minimum atomic E-state index is -4.09. The molecule has 0 spiro atoms. The molecule has 2 fully saturated rings. The van der Waals surface area contributed by atoms with Gasteiger partial charge in [-0.1, -0.05) is 41.9 Å². The van der Waals surface area contributed by atoms with Gasteiger partial charge in [0.15, 0.2) is 0 Å². The highest BCUT2D eigenvalue weighted by atomic mass is 35.5. The molecule has 12 heteroatoms. The number of carboxylic acid groups (broad SMARTS) is 1. The molecule has 37 heavy (non-hydrogen) atoms. The maximum absolute atomic E-state index is 13.3. The summed E-state index contributed by atoms with van der Waals surface area (Å²) in [5, 5.41) is 19.4. The van der Waals surface area contributed by atoms with Crippen molar-refractivity contribution in [3.8, 4) is 0 Å². The van der Waals surface area contributed by atoms with Gasteiger partial charge in [0.25, 0.3) is 10.0 Å². The number of sulfonamides is 1. The Hall–Kier alpha value is -2.99. The average Bonchev–Trinajstić information content (AvgIpc) is 3.55. The number of carbonyl (C=O) groups is 2. The number of benzene rings is 2. The van der Waals surface area contributed by atoms with Crippen molar-refractivity contribution < 1.29 is 23.1 Å². The van der Waals surface area contributed by atoms with Crippen LogP contribution in [0, 0.1) is 5.41 Å². The summed E-state index contributed by atoms with van der Waals surface area (Å²) in [7, 11) is -4.09. The third-order valence-electron chi connectivity index (χ3n) is 6.73. The van der Waals surface area contributed by atoms with Gasteiger partial charge in [-0.15, -0.1) is 11.3 Å². The lowest BCUT2D eigenvalue weighted by molar-refractivity contribution is -0.154. The Morgan fingerprint density at radius 2 is 1.81 bits per heavy atom. The highest BCUT2D eigenvalue weighted by molar-refractivity contribution is 7.91. The van der Waals surface area contributed by atoms with Crippen molar-refractivity contribution >= 4 is 60.8 Å². The molecule has 3 heterocycles. The van der Waals surface area contributed by atoms with Crippen LogP contribution in [0.5, 0.6) is 0 Å². The number of thiophene rings is 1. The summed E-state index contributed by atoms with van der Waals surface area (Å²) >= 11 is 7.05. The number of fused-ring (bicyclic) bond motifs is 1. The van der Waals surface area contributed by atoms with E-state index in [0.717, 1.165) is 47.1 Å². The van der Waals surface area contributed by atoms with Crippen molar-refractivity contribution in [3.05, 3.63) is 64.7 Å². The molecule has 0 unspecified atom stereocenters. The highest BCUT2D eigenvalue weighted by Crippen LogP contribution is 2.33. The Balaban J connectivity index is 1.33. The fourth-order valence-corrected chi connectivity index (χ4v) is 7.91. The first kappa shape index (κ1) is 25.7. The summed E-state index contributed by atoms with van der Waals surface area (Å²) in [6.07, 6.45) is 2.14. The predicted molar refractivity (Wildman–Crippen MR) is 142 cm³/mol. The van der Waals surface area contributed by atoms with E-state index in [2.05, 4.69) is 0 Å². The van der Waals surface area contributed by atoms with Crippen molar-refractivity contribution in [1.82, 2.24) is 14.1 Å². The largest absolute Gasteiger partial charge is 0.480 e. The van der Waals surface area contributed by atoms with Crippen LogP contribution < -0.4 is 0 Å². The van der Waals surface area contributed by atoms with Crippen LogP contribution in [0.25, 0.3) is 10.1 Å². The second kappa shape index (κ2) is 10.1. The predicted octanol–water partition coefficient (Wildman–Crippen LogP) is 3.46. The van der Waals surface area contributed by atoms with Crippen LogP contribution in [-0.2, 0) is 26.2 Å². The summed E-state index contributed by atoms with van der Waals surface area (Å²) in [6, 6.07) is 12.4. The van der Waals surface area contributed by atoms with E-state index in [4.69, 9.17) is 17.0 Å². The zero-order valence-corrected chi connectivity index (χ0v) is 22.2. The summed E-state index contributed by atoms with van der Waals surface area (Å²) in [4.78, 5) is 28.4. The number of hydrogen-bond donors (Lipinski definition) is 2. The van der Waals surface area contributed by atoms with Gasteiger partial charge in [-0.2, -0.15) is 4.31 Å². The third kappa shape index (κ3) is 5.08. The molecule has 5 rings (SSSR count). The van der Waals surface area contributed by atoms with E-state index < -0.39 is 34.5 Å². The Bertz CT molecular complexity index is 1480. The second-order valence-corrected chi connectivity index (χ2v) is 12.8. The first-order chi connectivity index (χ1) is 17.6. The molecule has 0 saturated carbocycles. The molecule has 1 amide bonds. The highest BCUT2D eigenvalue weighted by Gasteiger charge is 2.42. The zero-order valence-electron chi connectivity index (χ0n) is 19.8. The molecule has 2 aliphatic rings. The van der Waals surface area contributed by atoms with Gasteiger partial charge in [0.1, 0.15) is 16.1 Å². The number of halogens is 1. The van der Waals surface area contributed by atoms with Gasteiger partial charge in [0.05, 0.1) is 6.54 Å². The molecular formula is C25H25ClN4O5S2. The molecule has 2 saturated heterocycles. The van der Waals surface area contributed by atoms with Crippen LogP contribution in [0.1, 0.15) is 24.0 Å². The van der Waals surface area contributed by atoms with Gasteiger partial charge in [-0.25, -0.2) is 13.2 Å². The maximum Gasteiger partial charge on any atom is 0.327 e. The Morgan fingerprint density at radius 1 is 1.11 bits per heavy atom. The van der Waals surface area contributed by atoms with Gasteiger partial charge in [-0.05, 0) is 42.0 Å². The molecule has 2 N–H and O–H groups in total. The second-order valence-electron chi connectivity index (χ2n) is 9.16. The molecule has 194 valence electrons. The summed E-state index contributed by atoms with van der Waals surface area (Å²) in [5.41, 5.74) is 1.46. The third-order valence-corrected chi connectivity index (χ3v) is 10.3.